The molecule has 1 aliphatic rings. The Labute approximate surface area is 105 Å². The highest BCUT2D eigenvalue weighted by Gasteiger charge is 2.24. The number of hydrogen-bond acceptors (Lipinski definition) is 5. The number of morpholine rings is 1. The van der Waals surface area contributed by atoms with Gasteiger partial charge in [-0.3, -0.25) is 4.98 Å². The van der Waals surface area contributed by atoms with E-state index in [4.69, 9.17) is 4.74 Å². The van der Waals surface area contributed by atoms with Crippen LogP contribution in [0.25, 0.3) is 0 Å². The molecule has 3 rings (SSSR count). The van der Waals surface area contributed by atoms with E-state index < -0.39 is 0 Å². The van der Waals surface area contributed by atoms with E-state index in [9.17, 15) is 0 Å². The maximum absolute atomic E-state index is 5.76. The van der Waals surface area contributed by atoms with Gasteiger partial charge in [-0.05, 0) is 18.2 Å². The molecule has 1 saturated heterocycles. The fourth-order valence-electron chi connectivity index (χ4n) is 2.03. The third kappa shape index (κ3) is 2.31. The first-order valence-corrected chi connectivity index (χ1v) is 5.98. The van der Waals surface area contributed by atoms with Crippen molar-refractivity contribution in [2.75, 3.05) is 24.6 Å². The van der Waals surface area contributed by atoms with E-state index in [-0.39, 0.29) is 6.10 Å². The summed E-state index contributed by atoms with van der Waals surface area (Å²) in [4.78, 5) is 15.0. The summed E-state index contributed by atoms with van der Waals surface area (Å²) in [6.07, 6.45) is 5.29. The van der Waals surface area contributed by atoms with Gasteiger partial charge in [-0.1, -0.05) is 6.07 Å². The molecule has 0 spiro atoms. The number of hydrogen-bond donors (Lipinski definition) is 0. The number of pyridine rings is 1. The second kappa shape index (κ2) is 5.10. The van der Waals surface area contributed by atoms with Crippen LogP contribution in [-0.4, -0.2) is 34.6 Å². The van der Waals surface area contributed by atoms with Crippen molar-refractivity contribution >= 4 is 5.95 Å². The van der Waals surface area contributed by atoms with Gasteiger partial charge < -0.3 is 9.64 Å². The molecule has 0 aromatic carbocycles. The van der Waals surface area contributed by atoms with Crippen molar-refractivity contribution in [1.29, 1.82) is 0 Å². The Morgan fingerprint density at radius 2 is 1.89 bits per heavy atom. The Kier molecular flexibility index (Phi) is 3.14. The molecule has 0 N–H and O–H groups in total. The Hall–Kier alpha value is -2.01. The molecule has 5 heteroatoms. The fourth-order valence-corrected chi connectivity index (χ4v) is 2.03. The van der Waals surface area contributed by atoms with Crippen molar-refractivity contribution in [3.05, 3.63) is 48.5 Å². The molecule has 1 fully saturated rings. The SMILES string of the molecule is c1ccc([C@@H]2CN(c3ncccn3)CCO2)nc1. The normalized spacial score (nSPS) is 19.8. The van der Waals surface area contributed by atoms with Crippen molar-refractivity contribution < 1.29 is 4.74 Å². The zero-order chi connectivity index (χ0) is 12.2. The van der Waals surface area contributed by atoms with Crippen LogP contribution in [0, 0.1) is 0 Å². The summed E-state index contributed by atoms with van der Waals surface area (Å²) in [5.74, 6) is 0.752. The summed E-state index contributed by atoms with van der Waals surface area (Å²) in [7, 11) is 0. The van der Waals surface area contributed by atoms with E-state index in [1.54, 1.807) is 18.6 Å². The van der Waals surface area contributed by atoms with Crippen LogP contribution in [0.15, 0.2) is 42.9 Å². The summed E-state index contributed by atoms with van der Waals surface area (Å²) in [6.45, 7) is 2.22. The van der Waals surface area contributed by atoms with Gasteiger partial charge in [-0.15, -0.1) is 0 Å². The van der Waals surface area contributed by atoms with Crippen LogP contribution in [0.2, 0.25) is 0 Å². The molecule has 0 saturated carbocycles. The standard InChI is InChI=1S/C13H14N4O/c1-2-5-14-11(4-1)12-10-17(8-9-18-12)13-15-6-3-7-16-13/h1-7,12H,8-10H2/t12-/m0/s1. The zero-order valence-corrected chi connectivity index (χ0v) is 9.94. The molecule has 3 heterocycles. The maximum Gasteiger partial charge on any atom is 0.225 e. The van der Waals surface area contributed by atoms with E-state index in [1.807, 2.05) is 24.3 Å². The van der Waals surface area contributed by atoms with Gasteiger partial charge in [0.1, 0.15) is 6.10 Å². The summed E-state index contributed by atoms with van der Waals surface area (Å²) >= 11 is 0. The van der Waals surface area contributed by atoms with Crippen LogP contribution >= 0.6 is 0 Å². The lowest BCUT2D eigenvalue weighted by Gasteiger charge is -2.32. The highest BCUT2D eigenvalue weighted by Crippen LogP contribution is 2.22. The Morgan fingerprint density at radius 1 is 1.06 bits per heavy atom. The number of nitrogens with zero attached hydrogens (tertiary/aromatic N) is 4. The number of aromatic nitrogens is 3. The molecule has 5 nitrogen and oxygen atoms in total. The second-order valence-electron chi connectivity index (χ2n) is 4.11. The molecule has 1 atom stereocenters. The van der Waals surface area contributed by atoms with Gasteiger partial charge >= 0.3 is 0 Å². The molecule has 0 bridgehead atoms. The lowest BCUT2D eigenvalue weighted by molar-refractivity contribution is 0.0365. The molecule has 0 amide bonds. The molecule has 0 unspecified atom stereocenters. The van der Waals surface area contributed by atoms with Crippen LogP contribution in [0.1, 0.15) is 11.8 Å². The van der Waals surface area contributed by atoms with Crippen LogP contribution in [0.4, 0.5) is 5.95 Å². The predicted octanol–water partition coefficient (Wildman–Crippen LogP) is 1.45. The average Bonchev–Trinajstić information content (AvgIpc) is 2.49. The number of anilines is 1. The predicted molar refractivity (Wildman–Crippen MR) is 67.2 cm³/mol. The molecule has 0 aliphatic carbocycles. The summed E-state index contributed by atoms with van der Waals surface area (Å²) in [6, 6.07) is 7.69. The van der Waals surface area contributed by atoms with Crippen molar-refractivity contribution in [2.24, 2.45) is 0 Å². The summed E-state index contributed by atoms with van der Waals surface area (Å²) < 4.78 is 5.76. The Bertz CT molecular complexity index is 445. The quantitative estimate of drug-likeness (QED) is 0.797. The van der Waals surface area contributed by atoms with E-state index >= 15 is 0 Å². The molecule has 2 aromatic heterocycles. The lowest BCUT2D eigenvalue weighted by atomic mass is 10.2. The van der Waals surface area contributed by atoms with Gasteiger partial charge in [0.15, 0.2) is 0 Å². The maximum atomic E-state index is 5.76. The minimum absolute atomic E-state index is 0.0104. The van der Waals surface area contributed by atoms with E-state index in [0.29, 0.717) is 6.61 Å². The van der Waals surface area contributed by atoms with Gasteiger partial charge in [-0.2, -0.15) is 0 Å². The molecule has 92 valence electrons. The molecule has 0 radical (unpaired) electrons. The largest absolute Gasteiger partial charge is 0.368 e. The minimum Gasteiger partial charge on any atom is -0.368 e. The third-order valence-corrected chi connectivity index (χ3v) is 2.92. The first-order valence-electron chi connectivity index (χ1n) is 5.98. The van der Waals surface area contributed by atoms with E-state index in [0.717, 1.165) is 24.7 Å². The lowest BCUT2D eigenvalue weighted by Crippen LogP contribution is -2.39. The van der Waals surface area contributed by atoms with Crippen molar-refractivity contribution in [2.45, 2.75) is 6.10 Å². The zero-order valence-electron chi connectivity index (χ0n) is 9.94. The first-order chi connectivity index (χ1) is 8.93. The monoisotopic (exact) mass is 242 g/mol. The molecule has 18 heavy (non-hydrogen) atoms. The fraction of sp³-hybridized carbons (Fsp3) is 0.308. The van der Waals surface area contributed by atoms with Crippen LogP contribution in [0.3, 0.4) is 0 Å². The van der Waals surface area contributed by atoms with Gasteiger partial charge in [0.05, 0.1) is 18.8 Å². The molecule has 2 aromatic rings. The van der Waals surface area contributed by atoms with Crippen molar-refractivity contribution in [1.82, 2.24) is 15.0 Å². The second-order valence-corrected chi connectivity index (χ2v) is 4.11. The highest BCUT2D eigenvalue weighted by atomic mass is 16.5. The van der Waals surface area contributed by atoms with Gasteiger partial charge in [0, 0.05) is 25.1 Å². The summed E-state index contributed by atoms with van der Waals surface area (Å²) in [5.41, 5.74) is 0.957. The smallest absolute Gasteiger partial charge is 0.225 e. The van der Waals surface area contributed by atoms with Gasteiger partial charge in [-0.25, -0.2) is 9.97 Å². The molecular weight excluding hydrogens is 228 g/mol. The Morgan fingerprint density at radius 3 is 2.67 bits per heavy atom. The van der Waals surface area contributed by atoms with Gasteiger partial charge in [0.2, 0.25) is 5.95 Å². The minimum atomic E-state index is -0.0104. The van der Waals surface area contributed by atoms with Crippen molar-refractivity contribution in [3.8, 4) is 0 Å². The third-order valence-electron chi connectivity index (χ3n) is 2.92. The first kappa shape index (κ1) is 11.1. The van der Waals surface area contributed by atoms with Crippen LogP contribution in [0.5, 0.6) is 0 Å². The number of rotatable bonds is 2. The summed E-state index contributed by atoms with van der Waals surface area (Å²) in [5, 5.41) is 0. The van der Waals surface area contributed by atoms with Crippen LogP contribution < -0.4 is 4.90 Å². The van der Waals surface area contributed by atoms with E-state index in [1.165, 1.54) is 0 Å². The van der Waals surface area contributed by atoms with E-state index in [2.05, 4.69) is 19.9 Å². The average molecular weight is 242 g/mol. The molecule has 1 aliphatic heterocycles. The van der Waals surface area contributed by atoms with Gasteiger partial charge in [0.25, 0.3) is 0 Å². The number of ether oxygens (including phenoxy) is 1. The Balaban J connectivity index is 1.77. The molecular formula is C13H14N4O. The van der Waals surface area contributed by atoms with Crippen molar-refractivity contribution in [3.63, 3.8) is 0 Å². The topological polar surface area (TPSA) is 51.1 Å². The highest BCUT2D eigenvalue weighted by molar-refractivity contribution is 5.30. The van der Waals surface area contributed by atoms with Crippen LogP contribution in [-0.2, 0) is 4.74 Å².